The number of benzene rings is 2. The van der Waals surface area contributed by atoms with Crippen molar-refractivity contribution in [2.45, 2.75) is 26.5 Å². The molecule has 0 fully saturated rings. The van der Waals surface area contributed by atoms with Crippen molar-refractivity contribution in [1.29, 1.82) is 0 Å². The molecule has 8 heteroatoms. The number of carbonyl (C=O) groups excluding carboxylic acids is 3. The van der Waals surface area contributed by atoms with Crippen LogP contribution in [0.15, 0.2) is 53.1 Å². The zero-order valence-electron chi connectivity index (χ0n) is 16.2. The lowest BCUT2D eigenvalue weighted by Gasteiger charge is -2.20. The van der Waals surface area contributed by atoms with Crippen molar-refractivity contribution < 1.29 is 28.0 Å². The SMILES string of the molecule is Cc1c(COC(=O)[C@@H](C)N2C(=O)c3ccccc3C2=O)noc1-c1ccc(F)cc1. The highest BCUT2D eigenvalue weighted by atomic mass is 19.1. The zero-order chi connectivity index (χ0) is 21.4. The average molecular weight is 408 g/mol. The third-order valence-electron chi connectivity index (χ3n) is 5.03. The minimum absolute atomic E-state index is 0.192. The van der Waals surface area contributed by atoms with Gasteiger partial charge in [-0.05, 0) is 50.2 Å². The second-order valence-electron chi connectivity index (χ2n) is 6.90. The lowest BCUT2D eigenvalue weighted by molar-refractivity contribution is -0.149. The molecule has 4 rings (SSSR count). The maximum Gasteiger partial charge on any atom is 0.329 e. The van der Waals surface area contributed by atoms with E-state index in [9.17, 15) is 18.8 Å². The van der Waals surface area contributed by atoms with E-state index in [4.69, 9.17) is 9.26 Å². The quantitative estimate of drug-likeness (QED) is 0.474. The summed E-state index contributed by atoms with van der Waals surface area (Å²) < 4.78 is 23.7. The summed E-state index contributed by atoms with van der Waals surface area (Å²) in [7, 11) is 0. The summed E-state index contributed by atoms with van der Waals surface area (Å²) >= 11 is 0. The Morgan fingerprint density at radius 2 is 1.70 bits per heavy atom. The van der Waals surface area contributed by atoms with Crippen LogP contribution < -0.4 is 0 Å². The van der Waals surface area contributed by atoms with Crippen LogP contribution in [0.2, 0.25) is 0 Å². The summed E-state index contributed by atoms with van der Waals surface area (Å²) in [6.07, 6.45) is 0. The molecule has 7 nitrogen and oxygen atoms in total. The number of aromatic nitrogens is 1. The van der Waals surface area contributed by atoms with Gasteiger partial charge < -0.3 is 9.26 Å². The predicted molar refractivity (Wildman–Crippen MR) is 103 cm³/mol. The van der Waals surface area contributed by atoms with E-state index in [1.54, 1.807) is 43.3 Å². The molecule has 1 atom stereocenters. The molecular formula is C22H17FN2O5. The van der Waals surface area contributed by atoms with E-state index >= 15 is 0 Å². The molecule has 152 valence electrons. The number of imide groups is 1. The molecule has 3 aromatic rings. The van der Waals surface area contributed by atoms with Crippen molar-refractivity contribution >= 4 is 17.8 Å². The summed E-state index contributed by atoms with van der Waals surface area (Å²) in [6, 6.07) is 11.0. The van der Waals surface area contributed by atoms with Gasteiger partial charge in [-0.15, -0.1) is 0 Å². The monoisotopic (exact) mass is 408 g/mol. The second kappa shape index (κ2) is 7.55. The van der Waals surface area contributed by atoms with Gasteiger partial charge in [0.2, 0.25) is 0 Å². The summed E-state index contributed by atoms with van der Waals surface area (Å²) in [5.41, 5.74) is 2.19. The number of esters is 1. The van der Waals surface area contributed by atoms with E-state index in [2.05, 4.69) is 5.16 Å². The number of hydrogen-bond acceptors (Lipinski definition) is 6. The van der Waals surface area contributed by atoms with Crippen LogP contribution in [-0.4, -0.2) is 33.9 Å². The number of hydrogen-bond donors (Lipinski definition) is 0. The van der Waals surface area contributed by atoms with Crippen molar-refractivity contribution in [3.63, 3.8) is 0 Å². The molecule has 30 heavy (non-hydrogen) atoms. The topological polar surface area (TPSA) is 89.7 Å². The molecule has 0 bridgehead atoms. The highest BCUT2D eigenvalue weighted by Gasteiger charge is 2.41. The summed E-state index contributed by atoms with van der Waals surface area (Å²) in [4.78, 5) is 38.4. The first-order valence-electron chi connectivity index (χ1n) is 9.23. The molecule has 2 aromatic carbocycles. The van der Waals surface area contributed by atoms with Crippen LogP contribution in [0.25, 0.3) is 11.3 Å². The van der Waals surface area contributed by atoms with Gasteiger partial charge >= 0.3 is 5.97 Å². The van der Waals surface area contributed by atoms with E-state index in [1.165, 1.54) is 19.1 Å². The smallest absolute Gasteiger partial charge is 0.329 e. The Morgan fingerprint density at radius 3 is 2.30 bits per heavy atom. The standard InChI is InChI=1S/C22H17FN2O5/c1-12-18(24-30-19(12)14-7-9-15(23)10-8-14)11-29-22(28)13(2)25-20(26)16-5-3-4-6-17(16)21(25)27/h3-10,13H,11H2,1-2H3/t13-/m1/s1. The molecular weight excluding hydrogens is 391 g/mol. The summed E-state index contributed by atoms with van der Waals surface area (Å²) in [5.74, 6) is -1.73. The minimum Gasteiger partial charge on any atom is -0.457 e. The molecule has 2 amide bonds. The third kappa shape index (κ3) is 3.26. The largest absolute Gasteiger partial charge is 0.457 e. The molecule has 2 heterocycles. The van der Waals surface area contributed by atoms with E-state index < -0.39 is 23.8 Å². The van der Waals surface area contributed by atoms with Crippen LogP contribution in [0, 0.1) is 12.7 Å². The molecule has 1 aromatic heterocycles. The molecule has 1 aliphatic heterocycles. The minimum atomic E-state index is -1.10. The van der Waals surface area contributed by atoms with Crippen LogP contribution in [0.4, 0.5) is 4.39 Å². The van der Waals surface area contributed by atoms with Gasteiger partial charge in [0.15, 0.2) is 5.76 Å². The normalized spacial score (nSPS) is 14.0. The van der Waals surface area contributed by atoms with Crippen LogP contribution in [0.3, 0.4) is 0 Å². The number of ether oxygens (including phenoxy) is 1. The number of rotatable bonds is 5. The molecule has 0 radical (unpaired) electrons. The molecule has 0 saturated carbocycles. The predicted octanol–water partition coefficient (Wildman–Crippen LogP) is 3.52. The number of carbonyl (C=O) groups is 3. The number of amides is 2. The van der Waals surface area contributed by atoms with E-state index in [-0.39, 0.29) is 23.6 Å². The lowest BCUT2D eigenvalue weighted by Crippen LogP contribution is -2.43. The van der Waals surface area contributed by atoms with Gasteiger partial charge in [-0.3, -0.25) is 14.5 Å². The fraction of sp³-hybridized carbons (Fsp3) is 0.182. The summed E-state index contributed by atoms with van der Waals surface area (Å²) in [5, 5.41) is 3.91. The van der Waals surface area contributed by atoms with Crippen molar-refractivity contribution in [3.8, 4) is 11.3 Å². The Bertz CT molecular complexity index is 1120. The molecule has 0 spiro atoms. The van der Waals surface area contributed by atoms with Crippen molar-refractivity contribution in [2.75, 3.05) is 0 Å². The van der Waals surface area contributed by atoms with Gasteiger partial charge in [0, 0.05) is 11.1 Å². The van der Waals surface area contributed by atoms with Crippen LogP contribution in [0.1, 0.15) is 38.9 Å². The molecule has 0 N–H and O–H groups in total. The van der Waals surface area contributed by atoms with E-state index in [0.717, 1.165) is 4.90 Å². The Balaban J connectivity index is 1.45. The molecule has 1 aliphatic rings. The Hall–Kier alpha value is -3.81. The molecule has 0 unspecified atom stereocenters. The van der Waals surface area contributed by atoms with Gasteiger partial charge in [-0.2, -0.15) is 0 Å². The van der Waals surface area contributed by atoms with Crippen molar-refractivity contribution in [3.05, 3.63) is 76.7 Å². The zero-order valence-corrected chi connectivity index (χ0v) is 16.2. The van der Waals surface area contributed by atoms with Crippen LogP contribution >= 0.6 is 0 Å². The first-order valence-corrected chi connectivity index (χ1v) is 9.23. The Morgan fingerprint density at radius 1 is 1.10 bits per heavy atom. The van der Waals surface area contributed by atoms with E-state index in [0.29, 0.717) is 22.6 Å². The third-order valence-corrected chi connectivity index (χ3v) is 5.03. The van der Waals surface area contributed by atoms with E-state index in [1.807, 2.05) is 0 Å². The van der Waals surface area contributed by atoms with Crippen LogP contribution in [-0.2, 0) is 16.1 Å². The second-order valence-corrected chi connectivity index (χ2v) is 6.90. The van der Waals surface area contributed by atoms with Crippen LogP contribution in [0.5, 0.6) is 0 Å². The van der Waals surface area contributed by atoms with Gasteiger partial charge in [-0.25, -0.2) is 9.18 Å². The number of halogens is 1. The number of nitrogens with zero attached hydrogens (tertiary/aromatic N) is 2. The fourth-order valence-electron chi connectivity index (χ4n) is 3.30. The highest BCUT2D eigenvalue weighted by Crippen LogP contribution is 2.27. The van der Waals surface area contributed by atoms with Gasteiger partial charge in [0.05, 0.1) is 11.1 Å². The fourth-order valence-corrected chi connectivity index (χ4v) is 3.30. The first-order chi connectivity index (χ1) is 14.4. The molecule has 0 saturated heterocycles. The summed E-state index contributed by atoms with van der Waals surface area (Å²) in [6.45, 7) is 2.98. The Labute approximate surface area is 171 Å². The maximum atomic E-state index is 13.1. The number of fused-ring (bicyclic) bond motifs is 1. The highest BCUT2D eigenvalue weighted by molar-refractivity contribution is 6.22. The van der Waals surface area contributed by atoms with Gasteiger partial charge in [-0.1, -0.05) is 17.3 Å². The first kappa shape index (κ1) is 19.5. The average Bonchev–Trinajstić information content (AvgIpc) is 3.24. The van der Waals surface area contributed by atoms with Gasteiger partial charge in [0.25, 0.3) is 11.8 Å². The Kier molecular flexibility index (Phi) is 4.91. The molecule has 0 aliphatic carbocycles. The van der Waals surface area contributed by atoms with Gasteiger partial charge in [0.1, 0.15) is 24.2 Å². The van der Waals surface area contributed by atoms with Crippen molar-refractivity contribution in [2.24, 2.45) is 0 Å². The van der Waals surface area contributed by atoms with Crippen molar-refractivity contribution in [1.82, 2.24) is 10.1 Å². The maximum absolute atomic E-state index is 13.1. The lowest BCUT2D eigenvalue weighted by atomic mass is 10.1.